The Morgan fingerprint density at radius 3 is 1.53 bits per heavy atom. The summed E-state index contributed by atoms with van der Waals surface area (Å²) in [5.74, 6) is 0. The normalized spacial score (nSPS) is 22.8. The second-order valence-electron chi connectivity index (χ2n) is 31.5. The Hall–Kier alpha value is -7.74. The van der Waals surface area contributed by atoms with Gasteiger partial charge in [-0.2, -0.15) is 0 Å². The number of rotatable bonds is 4. The molecule has 6 heterocycles. The van der Waals surface area contributed by atoms with E-state index >= 15 is 0 Å². The molecule has 0 radical (unpaired) electrons. The molecule has 9 aromatic carbocycles. The molecule has 2 fully saturated rings. The highest BCUT2D eigenvalue weighted by Crippen LogP contribution is 2.65. The van der Waals surface area contributed by atoms with Crippen LogP contribution in [0.25, 0.3) is 42.1 Å². The van der Waals surface area contributed by atoms with Crippen molar-refractivity contribution in [1.29, 1.82) is 0 Å². The third kappa shape index (κ3) is 7.49. The molecule has 0 saturated heterocycles. The molecule has 2 saturated carbocycles. The molecule has 89 heavy (non-hydrogen) atoms. The molecule has 7 heteroatoms. The molecule has 4 unspecified atom stereocenters. The summed E-state index contributed by atoms with van der Waals surface area (Å²) in [5.41, 5.74) is 24.9. The van der Waals surface area contributed by atoms with E-state index in [4.69, 9.17) is 4.42 Å². The first-order valence-corrected chi connectivity index (χ1v) is 34.1. The predicted octanol–water partition coefficient (Wildman–Crippen LogP) is 21.4. The third-order valence-electron chi connectivity index (χ3n) is 23.6. The highest BCUT2D eigenvalue weighted by Gasteiger charge is 2.60. The van der Waals surface area contributed by atoms with E-state index in [2.05, 4.69) is 279 Å². The van der Waals surface area contributed by atoms with Crippen molar-refractivity contribution in [1.82, 2.24) is 0 Å². The monoisotopic (exact) mass is 1180 g/mol. The van der Waals surface area contributed by atoms with Crippen molar-refractivity contribution in [2.45, 2.75) is 180 Å². The topological polar surface area (TPSA) is 26.1 Å². The number of benzene rings is 9. The zero-order valence-corrected chi connectivity index (χ0v) is 55.3. The average molecular weight is 1180 g/mol. The summed E-state index contributed by atoms with van der Waals surface area (Å²) in [4.78, 5) is 11.1. The predicted molar refractivity (Wildman–Crippen MR) is 382 cm³/mol. The Morgan fingerprint density at radius 2 is 0.888 bits per heavy atom. The molecular weight excluding hydrogens is 1100 g/mol. The van der Waals surface area contributed by atoms with Crippen LogP contribution in [-0.4, -0.2) is 17.8 Å². The second-order valence-corrected chi connectivity index (χ2v) is 32.6. The molecule has 0 amide bonds. The highest BCUT2D eigenvalue weighted by molar-refractivity contribution is 7.26. The van der Waals surface area contributed by atoms with Gasteiger partial charge in [0.25, 0.3) is 6.71 Å². The van der Waals surface area contributed by atoms with E-state index < -0.39 is 0 Å². The van der Waals surface area contributed by atoms with Crippen LogP contribution in [0.1, 0.15) is 169 Å². The minimum atomic E-state index is -0.212. The lowest BCUT2D eigenvalue weighted by molar-refractivity contribution is 0.195. The molecule has 0 spiro atoms. The number of hydrogen-bond acceptors (Lipinski definition) is 6. The maximum absolute atomic E-state index is 6.86. The molecule has 17 rings (SSSR count). The fourth-order valence-electron chi connectivity index (χ4n) is 18.3. The van der Waals surface area contributed by atoms with Gasteiger partial charge in [0.2, 0.25) is 0 Å². The van der Waals surface area contributed by atoms with Gasteiger partial charge in [0.15, 0.2) is 0 Å². The number of anilines is 10. The van der Waals surface area contributed by atoms with E-state index in [9.17, 15) is 0 Å². The third-order valence-corrected chi connectivity index (χ3v) is 24.8. The van der Waals surface area contributed by atoms with Crippen molar-refractivity contribution >= 4 is 133 Å². The van der Waals surface area contributed by atoms with Crippen LogP contribution in [0.4, 0.5) is 56.9 Å². The fraction of sp³-hybridized carbons (Fsp3) is 0.341. The van der Waals surface area contributed by atoms with Crippen LogP contribution in [0.3, 0.4) is 0 Å². The average Bonchev–Trinajstić information content (AvgIpc) is 1.70. The van der Waals surface area contributed by atoms with Crippen LogP contribution in [0.5, 0.6) is 0 Å². The molecule has 2 aromatic heterocycles. The van der Waals surface area contributed by atoms with E-state index in [1.807, 2.05) is 11.3 Å². The van der Waals surface area contributed by atoms with Gasteiger partial charge in [-0.15, -0.1) is 11.3 Å². The zero-order chi connectivity index (χ0) is 61.3. The molecule has 11 aromatic rings. The lowest BCUT2D eigenvalue weighted by atomic mass is 9.33. The van der Waals surface area contributed by atoms with Gasteiger partial charge in [0, 0.05) is 77.2 Å². The van der Waals surface area contributed by atoms with Gasteiger partial charge in [-0.05, 0) is 173 Å². The largest absolute Gasteiger partial charge is 0.456 e. The van der Waals surface area contributed by atoms with Crippen LogP contribution in [-0.2, 0) is 27.1 Å². The summed E-state index contributed by atoms with van der Waals surface area (Å²) in [6.07, 6.45) is 9.44. The summed E-state index contributed by atoms with van der Waals surface area (Å²) in [6, 6.07) is 67.3. The number of para-hydroxylation sites is 1. The standard InChI is InChI=1S/C82H83BN4OS/c1-76(2,3)50-33-38-62-58(44-50)79(10)40-18-20-42-81(79,12)86(62)53-35-37-61-67(47-53)85(65-28-22-26-56-55-24-15-17-31-72(55)89-75(56)65)69-49-54(87-63-39-34-51(77(4,5)6)45-59(63)80(11)41-19-21-43-82(80,87)13)48-68-74(69)83(61)60-36-32-52(78(7,8)9)46-66(60)84(68)64-27-23-30-71-73(64)57-25-14-16-29-70(57)88-71/h14-17,22-39,44-49H,18-21,40-43H2,1-13H3. The lowest BCUT2D eigenvalue weighted by Crippen LogP contribution is -2.61. The first-order valence-electron chi connectivity index (χ1n) is 33.3. The summed E-state index contributed by atoms with van der Waals surface area (Å²) >= 11 is 1.94. The van der Waals surface area contributed by atoms with Crippen LogP contribution in [0.2, 0.25) is 0 Å². The maximum Gasteiger partial charge on any atom is 0.252 e. The Bertz CT molecular complexity index is 4830. The Morgan fingerprint density at radius 1 is 0.404 bits per heavy atom. The first-order chi connectivity index (χ1) is 42.5. The van der Waals surface area contributed by atoms with E-state index in [-0.39, 0.29) is 44.9 Å². The second kappa shape index (κ2) is 18.5. The Balaban J connectivity index is 1.01. The first kappa shape index (κ1) is 55.3. The molecule has 5 nitrogen and oxygen atoms in total. The van der Waals surface area contributed by atoms with E-state index in [0.29, 0.717) is 0 Å². The van der Waals surface area contributed by atoms with Gasteiger partial charge in [0.05, 0.1) is 32.5 Å². The Labute approximate surface area is 531 Å². The minimum Gasteiger partial charge on any atom is -0.456 e. The van der Waals surface area contributed by atoms with Crippen LogP contribution < -0.4 is 36.0 Å². The number of fused-ring (bicyclic) bond motifs is 16. The molecule has 4 aliphatic heterocycles. The van der Waals surface area contributed by atoms with Crippen molar-refractivity contribution in [2.75, 3.05) is 19.6 Å². The number of nitrogens with zero attached hydrogens (tertiary/aromatic N) is 4. The summed E-state index contributed by atoms with van der Waals surface area (Å²) < 4.78 is 9.48. The van der Waals surface area contributed by atoms with Crippen LogP contribution in [0, 0.1) is 0 Å². The summed E-state index contributed by atoms with van der Waals surface area (Å²) in [5, 5.41) is 4.88. The van der Waals surface area contributed by atoms with Crippen molar-refractivity contribution in [3.63, 3.8) is 0 Å². The van der Waals surface area contributed by atoms with Gasteiger partial charge in [-0.25, -0.2) is 0 Å². The number of hydrogen-bond donors (Lipinski definition) is 0. The van der Waals surface area contributed by atoms with Gasteiger partial charge >= 0.3 is 0 Å². The molecular formula is C82H83BN4OS. The molecule has 0 N–H and O–H groups in total. The summed E-state index contributed by atoms with van der Waals surface area (Å²) in [6.45, 7) is 31.7. The van der Waals surface area contributed by atoms with E-state index in [1.54, 1.807) is 0 Å². The Kier molecular flexibility index (Phi) is 11.5. The fourth-order valence-corrected chi connectivity index (χ4v) is 19.5. The van der Waals surface area contributed by atoms with Gasteiger partial charge in [-0.1, -0.05) is 199 Å². The van der Waals surface area contributed by atoms with E-state index in [0.717, 1.165) is 46.9 Å². The van der Waals surface area contributed by atoms with Crippen LogP contribution >= 0.6 is 11.3 Å². The minimum absolute atomic E-state index is 0.00681. The molecule has 2 aliphatic carbocycles. The molecule has 6 aliphatic rings. The van der Waals surface area contributed by atoms with E-state index in [1.165, 1.54) is 148 Å². The highest BCUT2D eigenvalue weighted by atomic mass is 32.1. The summed E-state index contributed by atoms with van der Waals surface area (Å²) in [7, 11) is 0. The van der Waals surface area contributed by atoms with Crippen LogP contribution in [0.15, 0.2) is 174 Å². The molecule has 446 valence electrons. The maximum atomic E-state index is 6.86. The van der Waals surface area contributed by atoms with Crippen molar-refractivity contribution in [3.8, 4) is 0 Å². The lowest BCUT2D eigenvalue weighted by Gasteiger charge is -2.51. The van der Waals surface area contributed by atoms with Gasteiger partial charge in [-0.3, -0.25) is 0 Å². The van der Waals surface area contributed by atoms with Gasteiger partial charge < -0.3 is 24.0 Å². The zero-order valence-electron chi connectivity index (χ0n) is 54.5. The quantitative estimate of drug-likeness (QED) is 0.164. The SMILES string of the molecule is CC(C)(C)c1ccc2c(c1)N(c1cccc3oc4ccccc4c13)c1cc(N3c4ccc(C(C)(C)C)cc4C4(C)CCCCC34C)cc3c1B2c1ccc(N2c4ccc(C(C)(C)C)cc4C4(C)CCCCC24C)cc1N3c1cccc2c1sc1ccccc12. The van der Waals surface area contributed by atoms with Crippen molar-refractivity contribution in [2.24, 2.45) is 0 Å². The number of thiophene rings is 1. The van der Waals surface area contributed by atoms with Crippen molar-refractivity contribution in [3.05, 3.63) is 198 Å². The van der Waals surface area contributed by atoms with Crippen molar-refractivity contribution < 1.29 is 4.42 Å². The van der Waals surface area contributed by atoms with Gasteiger partial charge in [0.1, 0.15) is 11.2 Å². The molecule has 4 atom stereocenters. The molecule has 0 bridgehead atoms. The number of furan rings is 1. The smallest absolute Gasteiger partial charge is 0.252 e.